The van der Waals surface area contributed by atoms with Gasteiger partial charge in [-0.15, -0.1) is 0 Å². The van der Waals surface area contributed by atoms with Crippen LogP contribution in [0, 0.1) is 22.7 Å². The molecule has 2 aliphatic heterocycles. The second kappa shape index (κ2) is 5.79. The van der Waals surface area contributed by atoms with Gasteiger partial charge in [-0.1, -0.05) is 90.1 Å². The lowest BCUT2D eigenvalue weighted by Crippen LogP contribution is -2.35. The second-order valence-electron chi connectivity index (χ2n) is 10.0. The molecular formula is C24H30OS. The maximum Gasteiger partial charge on any atom is 0.0646 e. The van der Waals surface area contributed by atoms with Crippen LogP contribution in [0.3, 0.4) is 0 Å². The first-order valence-corrected chi connectivity index (χ1v) is 11.0. The number of rotatable bonds is 1. The van der Waals surface area contributed by atoms with E-state index >= 15 is 0 Å². The van der Waals surface area contributed by atoms with Crippen LogP contribution in [-0.2, 0) is 10.8 Å². The largest absolute Gasteiger partial charge is 0.258 e. The van der Waals surface area contributed by atoms with Gasteiger partial charge in [0.05, 0.1) is 10.5 Å². The van der Waals surface area contributed by atoms with Gasteiger partial charge in [0.25, 0.3) is 0 Å². The van der Waals surface area contributed by atoms with E-state index in [1.807, 2.05) is 0 Å². The number of hydrogen-bond donors (Lipinski definition) is 0. The van der Waals surface area contributed by atoms with E-state index in [1.54, 1.807) is 0 Å². The van der Waals surface area contributed by atoms with Crippen LogP contribution in [0.2, 0.25) is 0 Å². The first-order valence-electron chi connectivity index (χ1n) is 9.70. The van der Waals surface area contributed by atoms with E-state index in [-0.39, 0.29) is 21.3 Å². The van der Waals surface area contributed by atoms with Gasteiger partial charge in [0.1, 0.15) is 0 Å². The molecule has 1 saturated heterocycles. The Labute approximate surface area is 160 Å². The highest BCUT2D eigenvalue weighted by atomic mass is 32.2. The third-order valence-electron chi connectivity index (χ3n) is 6.09. The zero-order valence-electron chi connectivity index (χ0n) is 16.7. The van der Waals surface area contributed by atoms with E-state index in [0.29, 0.717) is 11.8 Å². The van der Waals surface area contributed by atoms with Crippen molar-refractivity contribution in [2.45, 2.75) is 52.0 Å². The van der Waals surface area contributed by atoms with Gasteiger partial charge in [-0.3, -0.25) is 4.21 Å². The molecule has 1 aliphatic carbocycles. The first kappa shape index (κ1) is 18.0. The third kappa shape index (κ3) is 2.60. The molecule has 26 heavy (non-hydrogen) atoms. The molecule has 138 valence electrons. The summed E-state index contributed by atoms with van der Waals surface area (Å²) < 4.78 is 13.5. The zero-order valence-corrected chi connectivity index (χ0v) is 17.6. The maximum absolute atomic E-state index is 13.5. The molecule has 0 saturated carbocycles. The molecule has 2 bridgehead atoms. The monoisotopic (exact) mass is 366 g/mol. The average Bonchev–Trinajstić information content (AvgIpc) is 3.15. The summed E-state index contributed by atoms with van der Waals surface area (Å²) in [4.78, 5) is 0. The normalized spacial score (nSPS) is 34.8. The van der Waals surface area contributed by atoms with Crippen LogP contribution in [0.4, 0.5) is 0 Å². The smallest absolute Gasteiger partial charge is 0.0646 e. The van der Waals surface area contributed by atoms with Gasteiger partial charge < -0.3 is 0 Å². The third-order valence-corrected chi connectivity index (χ3v) is 8.17. The van der Waals surface area contributed by atoms with Gasteiger partial charge >= 0.3 is 0 Å². The molecule has 0 spiro atoms. The quantitative estimate of drug-likeness (QED) is 0.576. The molecule has 0 aromatic heterocycles. The van der Waals surface area contributed by atoms with Crippen molar-refractivity contribution in [1.82, 2.24) is 0 Å². The maximum atomic E-state index is 13.5. The Kier molecular flexibility index (Phi) is 4.00. The highest BCUT2D eigenvalue weighted by Gasteiger charge is 2.61. The van der Waals surface area contributed by atoms with Crippen LogP contribution in [0.25, 0.3) is 6.08 Å². The Morgan fingerprint density at radius 3 is 2.04 bits per heavy atom. The molecule has 1 aromatic carbocycles. The van der Waals surface area contributed by atoms with E-state index in [0.717, 1.165) is 0 Å². The van der Waals surface area contributed by atoms with Crippen LogP contribution in [0.1, 0.15) is 47.1 Å². The lowest BCUT2D eigenvalue weighted by molar-refractivity contribution is 0.360. The minimum Gasteiger partial charge on any atom is -0.258 e. The van der Waals surface area contributed by atoms with Crippen LogP contribution < -0.4 is 0 Å². The molecule has 1 fully saturated rings. The molecule has 3 aliphatic rings. The van der Waals surface area contributed by atoms with Gasteiger partial charge in [-0.25, -0.2) is 0 Å². The summed E-state index contributed by atoms with van der Waals surface area (Å²) in [6.45, 7) is 13.8. The summed E-state index contributed by atoms with van der Waals surface area (Å²) in [7, 11) is -0.808. The molecule has 2 heterocycles. The Bertz CT molecular complexity index is 842. The van der Waals surface area contributed by atoms with Crippen LogP contribution >= 0.6 is 0 Å². The molecule has 4 rings (SSSR count). The molecule has 2 heteroatoms. The number of allylic oxidation sites excluding steroid dienone is 3. The van der Waals surface area contributed by atoms with Crippen molar-refractivity contribution in [3.63, 3.8) is 0 Å². The highest BCUT2D eigenvalue weighted by molar-refractivity contribution is 7.87. The predicted molar refractivity (Wildman–Crippen MR) is 112 cm³/mol. The lowest BCUT2D eigenvalue weighted by Gasteiger charge is -2.39. The summed E-state index contributed by atoms with van der Waals surface area (Å²) in [6.07, 6.45) is 6.94. The number of hydrogen-bond acceptors (Lipinski definition) is 1. The van der Waals surface area contributed by atoms with Crippen molar-refractivity contribution < 1.29 is 4.21 Å². The van der Waals surface area contributed by atoms with E-state index < -0.39 is 10.8 Å². The second-order valence-corrected chi connectivity index (χ2v) is 11.7. The molecule has 5 atom stereocenters. The van der Waals surface area contributed by atoms with E-state index in [2.05, 4.69) is 90.1 Å². The summed E-state index contributed by atoms with van der Waals surface area (Å²) in [5, 5.41) is 0.362. The van der Waals surface area contributed by atoms with E-state index in [9.17, 15) is 4.21 Å². The van der Waals surface area contributed by atoms with Gasteiger partial charge in [0.2, 0.25) is 0 Å². The molecule has 0 radical (unpaired) electrons. The van der Waals surface area contributed by atoms with Crippen molar-refractivity contribution in [2.75, 3.05) is 0 Å². The molecule has 1 nitrogen and oxygen atoms in total. The predicted octanol–water partition coefficient (Wildman–Crippen LogP) is 5.77. The van der Waals surface area contributed by atoms with Crippen LogP contribution in [0.5, 0.6) is 0 Å². The molecular weight excluding hydrogens is 336 g/mol. The minimum absolute atomic E-state index is 0.0586. The SMILES string of the molecule is CC(C)(C)C1=C(C(C)(C)C)[C@H]2[C@H]3C=C/C(=C\c4ccccc4)[C@H]3[C@@H]1S2=O. The Morgan fingerprint density at radius 1 is 0.885 bits per heavy atom. The fraction of sp³-hybridized carbons (Fsp3) is 0.500. The van der Waals surface area contributed by atoms with Crippen molar-refractivity contribution in [3.8, 4) is 0 Å². The van der Waals surface area contributed by atoms with Crippen LogP contribution in [-0.4, -0.2) is 14.7 Å². The summed E-state index contributed by atoms with van der Waals surface area (Å²) in [5.41, 5.74) is 5.67. The minimum atomic E-state index is -0.808. The fourth-order valence-corrected chi connectivity index (χ4v) is 8.20. The number of benzene rings is 1. The van der Waals surface area contributed by atoms with Gasteiger partial charge in [0.15, 0.2) is 0 Å². The highest BCUT2D eigenvalue weighted by Crippen LogP contribution is 2.61. The Morgan fingerprint density at radius 2 is 1.46 bits per heavy atom. The van der Waals surface area contributed by atoms with Crippen molar-refractivity contribution in [2.24, 2.45) is 22.7 Å². The fourth-order valence-electron chi connectivity index (χ4n) is 5.26. The Hall–Kier alpha value is -1.41. The van der Waals surface area contributed by atoms with Crippen molar-refractivity contribution >= 4 is 16.9 Å². The molecule has 1 unspecified atom stereocenters. The molecule has 1 aromatic rings. The zero-order chi connectivity index (χ0) is 18.9. The van der Waals surface area contributed by atoms with Gasteiger partial charge in [-0.2, -0.15) is 0 Å². The molecule has 0 N–H and O–H groups in total. The summed E-state index contributed by atoms with van der Waals surface area (Å²) in [6, 6.07) is 10.5. The standard InChI is InChI=1S/C24H30OS/c1-23(2,3)19-20(24(4,5)6)22-18-16(14-15-10-8-7-9-11-15)12-13-17(18)21(19)26(22)25/h7-14,17-18,21-22H,1-6H3/b16-14+/t17-,18+,21+,22-,26?/m0/s1. The topological polar surface area (TPSA) is 17.1 Å². The van der Waals surface area contributed by atoms with Crippen molar-refractivity contribution in [1.29, 1.82) is 0 Å². The summed E-state index contributed by atoms with van der Waals surface area (Å²) >= 11 is 0. The van der Waals surface area contributed by atoms with Crippen LogP contribution in [0.15, 0.2) is 59.2 Å². The number of fused-ring (bicyclic) bond motifs is 5. The van der Waals surface area contributed by atoms with Gasteiger partial charge in [-0.05, 0) is 33.1 Å². The molecule has 0 amide bonds. The van der Waals surface area contributed by atoms with Gasteiger partial charge in [0, 0.05) is 22.6 Å². The Balaban J connectivity index is 1.84. The first-order chi connectivity index (χ1) is 12.1. The van der Waals surface area contributed by atoms with E-state index in [4.69, 9.17) is 0 Å². The average molecular weight is 367 g/mol. The van der Waals surface area contributed by atoms with Crippen molar-refractivity contribution in [3.05, 3.63) is 64.8 Å². The summed E-state index contributed by atoms with van der Waals surface area (Å²) in [5.74, 6) is 0.775. The van der Waals surface area contributed by atoms with E-state index in [1.165, 1.54) is 22.3 Å². The lowest BCUT2D eigenvalue weighted by atomic mass is 9.63.